The van der Waals surface area contributed by atoms with Gasteiger partial charge in [-0.15, -0.1) is 0 Å². The van der Waals surface area contributed by atoms with Crippen molar-refractivity contribution < 1.29 is 4.79 Å². The van der Waals surface area contributed by atoms with Crippen LogP contribution in [0, 0.1) is 11.3 Å². The molecule has 0 saturated carbocycles. The van der Waals surface area contributed by atoms with Crippen LogP contribution in [0.15, 0.2) is 22.8 Å². The molecule has 0 fully saturated rings. The Kier molecular flexibility index (Phi) is 7.59. The highest BCUT2D eigenvalue weighted by Crippen LogP contribution is 2.42. The van der Waals surface area contributed by atoms with E-state index in [1.165, 1.54) is 37.7 Å². The molecule has 1 aliphatic carbocycles. The lowest BCUT2D eigenvalue weighted by atomic mass is 9.71. The molecule has 0 saturated heterocycles. The first-order valence-corrected chi connectivity index (χ1v) is 9.06. The van der Waals surface area contributed by atoms with Gasteiger partial charge in [0.25, 0.3) is 0 Å². The first-order valence-electron chi connectivity index (χ1n) is 9.06. The Hall–Kier alpha value is -0.850. The van der Waals surface area contributed by atoms with Gasteiger partial charge < -0.3 is 4.79 Å². The number of carbonyl (C=O) groups is 1. The van der Waals surface area contributed by atoms with Crippen molar-refractivity contribution in [3.05, 3.63) is 22.8 Å². The summed E-state index contributed by atoms with van der Waals surface area (Å²) in [5.74, 6) is 0.832. The van der Waals surface area contributed by atoms with Crippen molar-refractivity contribution in [2.24, 2.45) is 11.3 Å². The first kappa shape index (κ1) is 19.2. The van der Waals surface area contributed by atoms with Crippen molar-refractivity contribution in [3.63, 3.8) is 0 Å². The van der Waals surface area contributed by atoms with Gasteiger partial charge in [-0.2, -0.15) is 0 Å². The molecule has 22 heavy (non-hydrogen) atoms. The Morgan fingerprint density at radius 2 is 2.00 bits per heavy atom. The maximum Gasteiger partial charge on any atom is 0.130 e. The van der Waals surface area contributed by atoms with Crippen molar-refractivity contribution in [1.82, 2.24) is 0 Å². The van der Waals surface area contributed by atoms with Crippen LogP contribution in [-0.2, 0) is 4.79 Å². The number of Topliss-reactive ketones (excluding diaryl/α,β-unsaturated/α-hetero) is 1. The van der Waals surface area contributed by atoms with Crippen LogP contribution in [0.1, 0.15) is 92.9 Å². The summed E-state index contributed by atoms with van der Waals surface area (Å²) in [7, 11) is 0. The van der Waals surface area contributed by atoms with E-state index in [0.717, 1.165) is 19.3 Å². The average Bonchev–Trinajstić information content (AvgIpc) is 2.36. The molecule has 126 valence electrons. The summed E-state index contributed by atoms with van der Waals surface area (Å²) in [6.45, 7) is 13.3. The molecule has 0 bridgehead atoms. The van der Waals surface area contributed by atoms with Crippen LogP contribution in [0.2, 0.25) is 0 Å². The van der Waals surface area contributed by atoms with Gasteiger partial charge in [0.05, 0.1) is 0 Å². The Labute approximate surface area is 138 Å². The van der Waals surface area contributed by atoms with E-state index in [1.54, 1.807) is 18.1 Å². The smallest absolute Gasteiger partial charge is 0.130 e. The Morgan fingerprint density at radius 3 is 2.59 bits per heavy atom. The Balaban J connectivity index is 2.43. The number of ketones is 1. The van der Waals surface area contributed by atoms with E-state index in [2.05, 4.69) is 40.7 Å². The molecule has 0 spiro atoms. The quantitative estimate of drug-likeness (QED) is 0.460. The minimum Gasteiger partial charge on any atom is -0.300 e. The van der Waals surface area contributed by atoms with Crippen molar-refractivity contribution in [2.45, 2.75) is 92.9 Å². The second kappa shape index (κ2) is 8.70. The lowest BCUT2D eigenvalue weighted by Crippen LogP contribution is -2.20. The molecule has 0 aromatic heterocycles. The van der Waals surface area contributed by atoms with E-state index in [0.29, 0.717) is 17.1 Å². The topological polar surface area (TPSA) is 17.1 Å². The van der Waals surface area contributed by atoms with Crippen molar-refractivity contribution in [2.75, 3.05) is 0 Å². The lowest BCUT2D eigenvalue weighted by Gasteiger charge is -2.35. The summed E-state index contributed by atoms with van der Waals surface area (Å²) < 4.78 is 0. The standard InChI is InChI=1S/C21H36O/c1-16(9-7-10-17(2)15-19(4)22)12-13-20-18(3)11-8-14-21(20,5)6/h9,17H,7-8,10-15H2,1-6H3/b16-9+. The molecule has 1 atom stereocenters. The van der Waals surface area contributed by atoms with Crippen molar-refractivity contribution in [3.8, 4) is 0 Å². The summed E-state index contributed by atoms with van der Waals surface area (Å²) in [6, 6.07) is 0. The van der Waals surface area contributed by atoms with E-state index in [4.69, 9.17) is 0 Å². The zero-order valence-corrected chi connectivity index (χ0v) is 15.7. The molecule has 0 aromatic carbocycles. The van der Waals surface area contributed by atoms with Gasteiger partial charge in [-0.05, 0) is 77.0 Å². The number of hydrogen-bond donors (Lipinski definition) is 0. The molecule has 1 unspecified atom stereocenters. The van der Waals surface area contributed by atoms with Gasteiger partial charge >= 0.3 is 0 Å². The van der Waals surface area contributed by atoms with Crippen LogP contribution in [0.25, 0.3) is 0 Å². The monoisotopic (exact) mass is 304 g/mol. The Morgan fingerprint density at radius 1 is 1.32 bits per heavy atom. The zero-order chi connectivity index (χ0) is 16.8. The van der Waals surface area contributed by atoms with Crippen molar-refractivity contribution >= 4 is 5.78 Å². The third kappa shape index (κ3) is 6.50. The van der Waals surface area contributed by atoms with E-state index < -0.39 is 0 Å². The van der Waals surface area contributed by atoms with Crippen LogP contribution >= 0.6 is 0 Å². The fraction of sp³-hybridized carbons (Fsp3) is 0.762. The highest BCUT2D eigenvalue weighted by molar-refractivity contribution is 5.75. The number of carbonyl (C=O) groups excluding carboxylic acids is 1. The lowest BCUT2D eigenvalue weighted by molar-refractivity contribution is -0.117. The molecule has 0 N–H and O–H groups in total. The first-order chi connectivity index (χ1) is 10.2. The minimum atomic E-state index is 0.315. The summed E-state index contributed by atoms with van der Waals surface area (Å²) in [5, 5.41) is 0. The van der Waals surface area contributed by atoms with Crippen LogP contribution in [-0.4, -0.2) is 5.78 Å². The molecule has 0 heterocycles. The van der Waals surface area contributed by atoms with Gasteiger partial charge in [-0.1, -0.05) is 43.6 Å². The van der Waals surface area contributed by atoms with Gasteiger partial charge in [0.15, 0.2) is 0 Å². The summed E-state index contributed by atoms with van der Waals surface area (Å²) in [5.41, 5.74) is 5.26. The summed E-state index contributed by atoms with van der Waals surface area (Å²) in [6.07, 6.45) is 11.8. The molecule has 1 heteroatoms. The molecule has 0 radical (unpaired) electrons. The van der Waals surface area contributed by atoms with Gasteiger partial charge in [0.2, 0.25) is 0 Å². The number of rotatable bonds is 8. The van der Waals surface area contributed by atoms with Crippen LogP contribution in [0.5, 0.6) is 0 Å². The molecular weight excluding hydrogens is 268 g/mol. The molecule has 1 rings (SSSR count). The van der Waals surface area contributed by atoms with Crippen LogP contribution in [0.3, 0.4) is 0 Å². The fourth-order valence-electron chi connectivity index (χ4n) is 3.86. The Bertz CT molecular complexity index is 437. The van der Waals surface area contributed by atoms with Gasteiger partial charge in [0.1, 0.15) is 5.78 Å². The molecule has 1 nitrogen and oxygen atoms in total. The van der Waals surface area contributed by atoms with Crippen molar-refractivity contribution in [1.29, 1.82) is 0 Å². The average molecular weight is 305 g/mol. The molecular formula is C21H36O. The maximum atomic E-state index is 11.1. The van der Waals surface area contributed by atoms with Crippen LogP contribution in [0.4, 0.5) is 0 Å². The molecule has 0 aromatic rings. The molecule has 0 amide bonds. The van der Waals surface area contributed by atoms with E-state index in [1.807, 2.05) is 0 Å². The van der Waals surface area contributed by atoms with Gasteiger partial charge in [-0.25, -0.2) is 0 Å². The summed E-state index contributed by atoms with van der Waals surface area (Å²) in [4.78, 5) is 11.1. The maximum absolute atomic E-state index is 11.1. The van der Waals surface area contributed by atoms with E-state index in [-0.39, 0.29) is 0 Å². The minimum absolute atomic E-state index is 0.315. The third-order valence-corrected chi connectivity index (χ3v) is 5.24. The largest absolute Gasteiger partial charge is 0.300 e. The van der Waals surface area contributed by atoms with E-state index >= 15 is 0 Å². The molecule has 1 aliphatic rings. The molecule has 0 aliphatic heterocycles. The van der Waals surface area contributed by atoms with Gasteiger partial charge in [-0.3, -0.25) is 0 Å². The third-order valence-electron chi connectivity index (χ3n) is 5.24. The van der Waals surface area contributed by atoms with Crippen LogP contribution < -0.4 is 0 Å². The normalized spacial score (nSPS) is 20.2. The van der Waals surface area contributed by atoms with Gasteiger partial charge in [0, 0.05) is 6.42 Å². The highest BCUT2D eigenvalue weighted by atomic mass is 16.1. The second-order valence-corrected chi connectivity index (χ2v) is 8.14. The predicted octanol–water partition coefficient (Wildman–Crippen LogP) is 6.63. The van der Waals surface area contributed by atoms with E-state index in [9.17, 15) is 4.79 Å². The SMILES string of the molecule is CC(=O)CC(C)CC/C=C(\C)CCC1=C(C)CCCC1(C)C. The predicted molar refractivity (Wildman–Crippen MR) is 97.0 cm³/mol. The number of hydrogen-bond acceptors (Lipinski definition) is 1. The second-order valence-electron chi connectivity index (χ2n) is 8.14. The highest BCUT2D eigenvalue weighted by Gasteiger charge is 2.27. The summed E-state index contributed by atoms with van der Waals surface area (Å²) >= 11 is 0. The fourth-order valence-corrected chi connectivity index (χ4v) is 3.86. The zero-order valence-electron chi connectivity index (χ0n) is 15.7. The number of allylic oxidation sites excluding steroid dienone is 4.